The molecule has 1 heterocycles. The van der Waals surface area contributed by atoms with Gasteiger partial charge < -0.3 is 9.88 Å². The zero-order chi connectivity index (χ0) is 11.8. The first kappa shape index (κ1) is 10.8. The molecule has 2 unspecified atom stereocenters. The van der Waals surface area contributed by atoms with Crippen molar-refractivity contribution in [3.8, 4) is 0 Å². The summed E-state index contributed by atoms with van der Waals surface area (Å²) >= 11 is 0. The molecule has 0 bridgehead atoms. The molecule has 2 aromatic rings. The molecule has 3 nitrogen and oxygen atoms in total. The number of fused-ring (bicyclic) bond motifs is 1. The Morgan fingerprint density at radius 2 is 2.12 bits per heavy atom. The average molecular weight is 229 g/mol. The number of hydrogen-bond donors (Lipinski definition) is 1. The average Bonchev–Trinajstić information content (AvgIpc) is 2.90. The van der Waals surface area contributed by atoms with Gasteiger partial charge in [0.2, 0.25) is 0 Å². The van der Waals surface area contributed by atoms with Gasteiger partial charge in [0.1, 0.15) is 5.82 Å². The van der Waals surface area contributed by atoms with Crippen molar-refractivity contribution in [2.75, 3.05) is 7.05 Å². The molecule has 0 aliphatic heterocycles. The van der Waals surface area contributed by atoms with Gasteiger partial charge >= 0.3 is 0 Å². The number of rotatable bonds is 2. The third-order valence-electron chi connectivity index (χ3n) is 3.95. The van der Waals surface area contributed by atoms with Gasteiger partial charge in [0.15, 0.2) is 0 Å². The van der Waals surface area contributed by atoms with Crippen LogP contribution < -0.4 is 5.32 Å². The fourth-order valence-electron chi connectivity index (χ4n) is 3.17. The van der Waals surface area contributed by atoms with E-state index in [1.807, 2.05) is 0 Å². The highest BCUT2D eigenvalue weighted by Crippen LogP contribution is 2.33. The molecule has 1 aromatic heterocycles. The summed E-state index contributed by atoms with van der Waals surface area (Å²) in [7, 11) is 2.07. The van der Waals surface area contributed by atoms with E-state index in [1.54, 1.807) is 0 Å². The quantitative estimate of drug-likeness (QED) is 0.858. The van der Waals surface area contributed by atoms with Crippen LogP contribution in [0.15, 0.2) is 24.3 Å². The molecule has 0 radical (unpaired) electrons. The first-order chi connectivity index (χ1) is 8.31. The molecule has 0 saturated heterocycles. The van der Waals surface area contributed by atoms with Crippen LogP contribution in [0.25, 0.3) is 11.0 Å². The van der Waals surface area contributed by atoms with Crippen LogP contribution in [0.4, 0.5) is 0 Å². The van der Waals surface area contributed by atoms with Crippen molar-refractivity contribution < 1.29 is 0 Å². The van der Waals surface area contributed by atoms with Crippen LogP contribution >= 0.6 is 0 Å². The number of aryl methyl sites for hydroxylation is 1. The Balaban J connectivity index is 2.13. The van der Waals surface area contributed by atoms with Gasteiger partial charge in [0, 0.05) is 6.04 Å². The molecule has 1 aliphatic carbocycles. The van der Waals surface area contributed by atoms with Crippen molar-refractivity contribution >= 4 is 11.0 Å². The summed E-state index contributed by atoms with van der Waals surface area (Å²) < 4.78 is 2.42. The van der Waals surface area contributed by atoms with Crippen LogP contribution in [0.5, 0.6) is 0 Å². The lowest BCUT2D eigenvalue weighted by molar-refractivity contribution is 0.416. The standard InChI is InChI=1S/C14H19N3/c1-10-16-12-6-3-4-8-14(12)17(10)13-9-5-7-11(13)15-2/h3-4,6,8,11,13,15H,5,7,9H2,1-2H3. The topological polar surface area (TPSA) is 29.9 Å². The van der Waals surface area contributed by atoms with E-state index in [4.69, 9.17) is 0 Å². The summed E-state index contributed by atoms with van der Waals surface area (Å²) in [5, 5.41) is 3.45. The van der Waals surface area contributed by atoms with Crippen molar-refractivity contribution in [1.29, 1.82) is 0 Å². The number of hydrogen-bond acceptors (Lipinski definition) is 2. The van der Waals surface area contributed by atoms with Crippen LogP contribution in [0.1, 0.15) is 31.1 Å². The summed E-state index contributed by atoms with van der Waals surface area (Å²) in [5.74, 6) is 1.14. The monoisotopic (exact) mass is 229 g/mol. The summed E-state index contributed by atoms with van der Waals surface area (Å²) in [6.45, 7) is 2.12. The Kier molecular flexibility index (Phi) is 2.63. The lowest BCUT2D eigenvalue weighted by Gasteiger charge is -2.22. The summed E-state index contributed by atoms with van der Waals surface area (Å²) in [5.41, 5.74) is 2.39. The van der Waals surface area contributed by atoms with Crippen molar-refractivity contribution in [3.63, 3.8) is 0 Å². The zero-order valence-electron chi connectivity index (χ0n) is 10.5. The van der Waals surface area contributed by atoms with Gasteiger partial charge in [0.05, 0.1) is 17.1 Å². The van der Waals surface area contributed by atoms with Gasteiger partial charge in [-0.05, 0) is 45.4 Å². The van der Waals surface area contributed by atoms with E-state index in [9.17, 15) is 0 Å². The highest BCUT2D eigenvalue weighted by Gasteiger charge is 2.29. The molecule has 17 heavy (non-hydrogen) atoms. The molecule has 3 heteroatoms. The number of aromatic nitrogens is 2. The molecule has 1 saturated carbocycles. The molecule has 3 rings (SSSR count). The Hall–Kier alpha value is -1.35. The molecule has 2 atom stereocenters. The minimum absolute atomic E-state index is 0.562. The number of imidazole rings is 1. The highest BCUT2D eigenvalue weighted by molar-refractivity contribution is 5.76. The first-order valence-corrected chi connectivity index (χ1v) is 6.42. The van der Waals surface area contributed by atoms with Gasteiger partial charge in [-0.2, -0.15) is 0 Å². The lowest BCUT2D eigenvalue weighted by atomic mass is 10.1. The van der Waals surface area contributed by atoms with Crippen LogP contribution in [0, 0.1) is 6.92 Å². The van der Waals surface area contributed by atoms with Gasteiger partial charge in [0.25, 0.3) is 0 Å². The normalized spacial score (nSPS) is 24.6. The van der Waals surface area contributed by atoms with E-state index in [0.717, 1.165) is 11.3 Å². The first-order valence-electron chi connectivity index (χ1n) is 6.42. The fourth-order valence-corrected chi connectivity index (χ4v) is 3.17. The maximum absolute atomic E-state index is 4.66. The smallest absolute Gasteiger partial charge is 0.107 e. The van der Waals surface area contributed by atoms with Crippen LogP contribution in [-0.4, -0.2) is 22.6 Å². The summed E-state index contributed by atoms with van der Waals surface area (Å²) in [4.78, 5) is 4.66. The van der Waals surface area contributed by atoms with E-state index < -0.39 is 0 Å². The Morgan fingerprint density at radius 3 is 2.94 bits per heavy atom. The van der Waals surface area contributed by atoms with E-state index >= 15 is 0 Å². The van der Waals surface area contributed by atoms with Gasteiger partial charge in [-0.25, -0.2) is 4.98 Å². The highest BCUT2D eigenvalue weighted by atomic mass is 15.1. The third-order valence-corrected chi connectivity index (χ3v) is 3.95. The second kappa shape index (κ2) is 4.15. The van der Waals surface area contributed by atoms with E-state index in [-0.39, 0.29) is 0 Å². The second-order valence-electron chi connectivity index (χ2n) is 4.91. The number of nitrogens with one attached hydrogen (secondary N) is 1. The van der Waals surface area contributed by atoms with Crippen molar-refractivity contribution in [3.05, 3.63) is 30.1 Å². The largest absolute Gasteiger partial charge is 0.324 e. The summed E-state index contributed by atoms with van der Waals surface area (Å²) in [6, 6.07) is 9.59. The van der Waals surface area contributed by atoms with Gasteiger partial charge in [-0.1, -0.05) is 12.1 Å². The maximum Gasteiger partial charge on any atom is 0.107 e. The molecule has 1 fully saturated rings. The predicted octanol–water partition coefficient (Wildman–Crippen LogP) is 2.66. The zero-order valence-corrected chi connectivity index (χ0v) is 10.5. The van der Waals surface area contributed by atoms with Crippen molar-refractivity contribution in [2.24, 2.45) is 0 Å². The molecular formula is C14H19N3. The molecule has 1 aromatic carbocycles. The van der Waals surface area contributed by atoms with Crippen LogP contribution in [-0.2, 0) is 0 Å². The number of benzene rings is 1. The number of nitrogens with zero attached hydrogens (tertiary/aromatic N) is 2. The SMILES string of the molecule is CNC1CCCC1n1c(C)nc2ccccc21. The minimum Gasteiger partial charge on any atom is -0.324 e. The minimum atomic E-state index is 0.562. The molecular weight excluding hydrogens is 210 g/mol. The Morgan fingerprint density at radius 1 is 1.29 bits per heavy atom. The molecule has 90 valence electrons. The predicted molar refractivity (Wildman–Crippen MR) is 70.2 cm³/mol. The maximum atomic E-state index is 4.66. The Labute approximate surface area is 102 Å². The third kappa shape index (κ3) is 1.65. The van der Waals surface area contributed by atoms with Gasteiger partial charge in [-0.15, -0.1) is 0 Å². The number of para-hydroxylation sites is 2. The summed E-state index contributed by atoms with van der Waals surface area (Å²) in [6.07, 6.45) is 3.84. The molecule has 1 aliphatic rings. The van der Waals surface area contributed by atoms with Crippen LogP contribution in [0.2, 0.25) is 0 Å². The van der Waals surface area contributed by atoms with E-state index in [2.05, 4.69) is 53.1 Å². The molecule has 1 N–H and O–H groups in total. The van der Waals surface area contributed by atoms with Gasteiger partial charge in [-0.3, -0.25) is 0 Å². The van der Waals surface area contributed by atoms with E-state index in [1.165, 1.54) is 24.8 Å². The fraction of sp³-hybridized carbons (Fsp3) is 0.500. The second-order valence-corrected chi connectivity index (χ2v) is 4.91. The van der Waals surface area contributed by atoms with Crippen molar-refractivity contribution in [1.82, 2.24) is 14.9 Å². The van der Waals surface area contributed by atoms with Crippen molar-refractivity contribution in [2.45, 2.75) is 38.3 Å². The number of likely N-dealkylation sites (N-methyl/N-ethyl adjacent to an activating group) is 1. The molecule has 0 spiro atoms. The lowest BCUT2D eigenvalue weighted by Crippen LogP contribution is -2.31. The molecule has 0 amide bonds. The van der Waals surface area contributed by atoms with E-state index in [0.29, 0.717) is 12.1 Å². The van der Waals surface area contributed by atoms with Crippen LogP contribution in [0.3, 0.4) is 0 Å². The Bertz CT molecular complexity index is 529.